The van der Waals surface area contributed by atoms with Crippen LogP contribution in [0.2, 0.25) is 0 Å². The molecule has 5 nitrogen and oxygen atoms in total. The molecule has 1 amide bonds. The minimum absolute atomic E-state index is 0.0877. The summed E-state index contributed by atoms with van der Waals surface area (Å²) in [6.07, 6.45) is 3.34. The van der Waals surface area contributed by atoms with Crippen molar-refractivity contribution in [2.45, 2.75) is 26.7 Å². The molecular formula is C21H22N2O3. The monoisotopic (exact) mass is 350 g/mol. The average Bonchev–Trinajstić information content (AvgIpc) is 3.04. The Bertz CT molecular complexity index is 911. The molecule has 134 valence electrons. The zero-order valence-corrected chi connectivity index (χ0v) is 15.0. The summed E-state index contributed by atoms with van der Waals surface area (Å²) < 4.78 is 11.3. The number of furan rings is 1. The highest BCUT2D eigenvalue weighted by molar-refractivity contribution is 5.99. The highest BCUT2D eigenvalue weighted by Crippen LogP contribution is 2.24. The van der Waals surface area contributed by atoms with Crippen molar-refractivity contribution in [3.8, 4) is 5.75 Å². The van der Waals surface area contributed by atoms with E-state index in [9.17, 15) is 4.79 Å². The molecule has 5 heteroatoms. The van der Waals surface area contributed by atoms with Gasteiger partial charge in [-0.15, -0.1) is 0 Å². The number of ether oxygens (including phenoxy) is 1. The lowest BCUT2D eigenvalue weighted by Crippen LogP contribution is -2.24. The van der Waals surface area contributed by atoms with Crippen molar-refractivity contribution >= 4 is 23.1 Å². The van der Waals surface area contributed by atoms with Crippen molar-refractivity contribution in [2.75, 3.05) is 6.61 Å². The number of hydrazone groups is 1. The summed E-state index contributed by atoms with van der Waals surface area (Å²) >= 11 is 0. The second-order valence-corrected chi connectivity index (χ2v) is 5.87. The highest BCUT2D eigenvalue weighted by atomic mass is 16.5. The summed E-state index contributed by atoms with van der Waals surface area (Å²) in [5.41, 5.74) is 5.43. The largest absolute Gasteiger partial charge is 0.484 e. The van der Waals surface area contributed by atoms with Crippen LogP contribution in [-0.4, -0.2) is 18.7 Å². The molecule has 0 aliphatic rings. The number of carbonyl (C=O) groups is 1. The normalized spacial score (nSPS) is 11.2. The molecule has 0 bridgehead atoms. The third-order valence-electron chi connectivity index (χ3n) is 4.12. The number of hydrogen-bond donors (Lipinski definition) is 1. The van der Waals surface area contributed by atoms with Crippen LogP contribution in [0.15, 0.2) is 58.0 Å². The van der Waals surface area contributed by atoms with Gasteiger partial charge in [-0.25, -0.2) is 5.43 Å². The molecule has 2 aromatic carbocycles. The number of hydrogen-bond acceptors (Lipinski definition) is 4. The predicted octanol–water partition coefficient (Wildman–Crippen LogP) is 4.09. The van der Waals surface area contributed by atoms with E-state index in [1.165, 1.54) is 5.56 Å². The third-order valence-corrected chi connectivity index (χ3v) is 4.12. The van der Waals surface area contributed by atoms with E-state index in [1.807, 2.05) is 55.5 Å². The summed E-state index contributed by atoms with van der Waals surface area (Å²) in [6, 6.07) is 15.5. The lowest BCUT2D eigenvalue weighted by molar-refractivity contribution is -0.123. The lowest BCUT2D eigenvalue weighted by atomic mass is 10.1. The van der Waals surface area contributed by atoms with Crippen LogP contribution < -0.4 is 10.2 Å². The van der Waals surface area contributed by atoms with E-state index >= 15 is 0 Å². The fourth-order valence-electron chi connectivity index (χ4n) is 2.69. The molecule has 0 fully saturated rings. The Morgan fingerprint density at radius 1 is 1.12 bits per heavy atom. The Hall–Kier alpha value is -3.08. The summed E-state index contributed by atoms with van der Waals surface area (Å²) in [5, 5.41) is 5.03. The summed E-state index contributed by atoms with van der Waals surface area (Å²) in [5.74, 6) is 1.19. The van der Waals surface area contributed by atoms with Gasteiger partial charge in [0.05, 0.1) is 6.21 Å². The second-order valence-electron chi connectivity index (χ2n) is 5.87. The number of aryl methyl sites for hydroxylation is 2. The molecule has 3 aromatic rings. The molecule has 0 aliphatic carbocycles. The van der Waals surface area contributed by atoms with Gasteiger partial charge in [0.15, 0.2) is 6.61 Å². The van der Waals surface area contributed by atoms with Crippen LogP contribution in [0.5, 0.6) is 5.75 Å². The third kappa shape index (κ3) is 4.11. The van der Waals surface area contributed by atoms with Gasteiger partial charge in [0, 0.05) is 17.4 Å². The quantitative estimate of drug-likeness (QED) is 0.516. The smallest absolute Gasteiger partial charge is 0.277 e. The molecule has 0 aliphatic heterocycles. The number of rotatable bonds is 7. The molecule has 0 saturated heterocycles. The van der Waals surface area contributed by atoms with Crippen molar-refractivity contribution < 1.29 is 13.9 Å². The van der Waals surface area contributed by atoms with Crippen molar-refractivity contribution in [1.82, 2.24) is 5.43 Å². The number of benzene rings is 2. The van der Waals surface area contributed by atoms with Gasteiger partial charge >= 0.3 is 0 Å². The Kier molecular flexibility index (Phi) is 5.69. The number of amides is 1. The summed E-state index contributed by atoms with van der Waals surface area (Å²) in [6.45, 7) is 4.02. The number of fused-ring (bicyclic) bond motifs is 1. The van der Waals surface area contributed by atoms with Gasteiger partial charge in [0.2, 0.25) is 0 Å². The fourth-order valence-corrected chi connectivity index (χ4v) is 2.69. The number of carbonyl (C=O) groups excluding carboxylic acids is 1. The fraction of sp³-hybridized carbons (Fsp3) is 0.238. The maximum absolute atomic E-state index is 11.9. The van der Waals surface area contributed by atoms with Gasteiger partial charge in [-0.3, -0.25) is 4.79 Å². The topological polar surface area (TPSA) is 63.8 Å². The minimum Gasteiger partial charge on any atom is -0.484 e. The zero-order chi connectivity index (χ0) is 18.4. The van der Waals surface area contributed by atoms with Crippen LogP contribution in [0.1, 0.15) is 30.7 Å². The molecule has 3 rings (SSSR count). The van der Waals surface area contributed by atoms with E-state index in [0.29, 0.717) is 5.75 Å². The first kappa shape index (κ1) is 17.7. The first-order valence-corrected chi connectivity index (χ1v) is 8.75. The zero-order valence-electron chi connectivity index (χ0n) is 15.0. The minimum atomic E-state index is -0.313. The van der Waals surface area contributed by atoms with Crippen LogP contribution in [0.25, 0.3) is 11.0 Å². The van der Waals surface area contributed by atoms with E-state index in [2.05, 4.69) is 17.5 Å². The van der Waals surface area contributed by atoms with Crippen LogP contribution >= 0.6 is 0 Å². The molecule has 0 unspecified atom stereocenters. The molecule has 1 N–H and O–H groups in total. The van der Waals surface area contributed by atoms with Gasteiger partial charge in [-0.1, -0.05) is 44.2 Å². The first-order valence-electron chi connectivity index (χ1n) is 8.75. The van der Waals surface area contributed by atoms with Crippen LogP contribution in [0.3, 0.4) is 0 Å². The molecule has 0 radical (unpaired) electrons. The van der Waals surface area contributed by atoms with Gasteiger partial charge in [-0.2, -0.15) is 5.10 Å². The van der Waals surface area contributed by atoms with Gasteiger partial charge < -0.3 is 9.15 Å². The van der Waals surface area contributed by atoms with E-state index in [1.54, 1.807) is 6.21 Å². The maximum Gasteiger partial charge on any atom is 0.277 e. The summed E-state index contributed by atoms with van der Waals surface area (Å²) in [4.78, 5) is 11.9. The molecule has 0 saturated carbocycles. The van der Waals surface area contributed by atoms with Crippen molar-refractivity contribution in [1.29, 1.82) is 0 Å². The van der Waals surface area contributed by atoms with Gasteiger partial charge in [-0.05, 0) is 30.2 Å². The summed E-state index contributed by atoms with van der Waals surface area (Å²) in [7, 11) is 0. The second kappa shape index (κ2) is 8.34. The Labute approximate surface area is 152 Å². The van der Waals surface area contributed by atoms with Crippen molar-refractivity contribution in [3.63, 3.8) is 0 Å². The molecule has 0 atom stereocenters. The van der Waals surface area contributed by atoms with Gasteiger partial charge in [0.25, 0.3) is 5.91 Å². The molecular weight excluding hydrogens is 328 g/mol. The standard InChI is InChI=1S/C21H22N2O3/c1-3-15-9-11-16(12-10-15)25-14-21(24)23-22-13-18-17-7-5-6-8-20(17)26-19(18)4-2/h5-13H,3-4,14H2,1-2H3,(H,23,24)/b22-13-. The lowest BCUT2D eigenvalue weighted by Gasteiger charge is -2.05. The predicted molar refractivity (Wildman–Crippen MR) is 103 cm³/mol. The van der Waals surface area contributed by atoms with Crippen LogP contribution in [0, 0.1) is 0 Å². The molecule has 26 heavy (non-hydrogen) atoms. The average molecular weight is 350 g/mol. The highest BCUT2D eigenvalue weighted by Gasteiger charge is 2.10. The SMILES string of the molecule is CCc1ccc(OCC(=O)N/N=C\c2c(CC)oc3ccccc23)cc1. The molecule has 1 heterocycles. The van der Waals surface area contributed by atoms with Crippen LogP contribution in [-0.2, 0) is 17.6 Å². The number of nitrogens with one attached hydrogen (secondary N) is 1. The van der Waals surface area contributed by atoms with E-state index in [-0.39, 0.29) is 12.5 Å². The first-order chi connectivity index (χ1) is 12.7. The van der Waals surface area contributed by atoms with Gasteiger partial charge in [0.1, 0.15) is 17.1 Å². The maximum atomic E-state index is 11.9. The Morgan fingerprint density at radius 2 is 1.88 bits per heavy atom. The Balaban J connectivity index is 1.59. The molecule has 0 spiro atoms. The van der Waals surface area contributed by atoms with E-state index in [0.717, 1.165) is 35.1 Å². The van der Waals surface area contributed by atoms with E-state index in [4.69, 9.17) is 9.15 Å². The number of nitrogens with zero attached hydrogens (tertiary/aromatic N) is 1. The van der Waals surface area contributed by atoms with Crippen molar-refractivity contribution in [3.05, 3.63) is 65.4 Å². The van der Waals surface area contributed by atoms with Crippen LogP contribution in [0.4, 0.5) is 0 Å². The molecule has 1 aromatic heterocycles. The van der Waals surface area contributed by atoms with Crippen molar-refractivity contribution in [2.24, 2.45) is 5.10 Å². The number of para-hydroxylation sites is 1. The van der Waals surface area contributed by atoms with E-state index < -0.39 is 0 Å². The Morgan fingerprint density at radius 3 is 2.62 bits per heavy atom.